The van der Waals surface area contributed by atoms with E-state index in [4.69, 9.17) is 14.6 Å². The molecule has 0 amide bonds. The van der Waals surface area contributed by atoms with E-state index in [9.17, 15) is 0 Å². The predicted molar refractivity (Wildman–Crippen MR) is 98.0 cm³/mol. The summed E-state index contributed by atoms with van der Waals surface area (Å²) in [5, 5.41) is 18.4. The van der Waals surface area contributed by atoms with Gasteiger partial charge in [0.25, 0.3) is 0 Å². The van der Waals surface area contributed by atoms with Crippen molar-refractivity contribution >= 4 is 16.3 Å². The van der Waals surface area contributed by atoms with E-state index in [0.717, 1.165) is 26.8 Å². The van der Waals surface area contributed by atoms with E-state index < -0.39 is 0 Å². The van der Waals surface area contributed by atoms with Crippen LogP contribution in [0.25, 0.3) is 16.3 Å². The van der Waals surface area contributed by atoms with Gasteiger partial charge in [-0.3, -0.25) is 4.68 Å². The van der Waals surface area contributed by atoms with Gasteiger partial charge in [0.2, 0.25) is 4.96 Å². The molecule has 0 aliphatic rings. The van der Waals surface area contributed by atoms with Gasteiger partial charge in [-0.15, -0.1) is 10.2 Å². The van der Waals surface area contributed by atoms with E-state index in [2.05, 4.69) is 15.3 Å². The number of benzene rings is 1. The Kier molecular flexibility index (Phi) is 4.08. The summed E-state index contributed by atoms with van der Waals surface area (Å²) >= 11 is 1.52. The lowest BCUT2D eigenvalue weighted by molar-refractivity contribution is 0.354. The Balaban J connectivity index is 1.68. The van der Waals surface area contributed by atoms with Crippen LogP contribution in [0.5, 0.6) is 11.5 Å². The van der Waals surface area contributed by atoms with E-state index in [1.165, 1.54) is 11.3 Å². The molecule has 0 bridgehead atoms. The highest BCUT2D eigenvalue weighted by Gasteiger charge is 2.17. The van der Waals surface area contributed by atoms with Crippen LogP contribution in [0.4, 0.5) is 0 Å². The average molecular weight is 370 g/mol. The van der Waals surface area contributed by atoms with Gasteiger partial charge in [-0.05, 0) is 24.6 Å². The monoisotopic (exact) mass is 370 g/mol. The Bertz CT molecular complexity index is 1080. The van der Waals surface area contributed by atoms with Gasteiger partial charge in [-0.2, -0.15) is 14.7 Å². The molecule has 0 N–H and O–H groups in total. The first kappa shape index (κ1) is 16.5. The fraction of sp³-hybridized carbons (Fsp3) is 0.294. The lowest BCUT2D eigenvalue weighted by Crippen LogP contribution is -1.97. The molecule has 9 heteroatoms. The van der Waals surface area contributed by atoms with Crippen LogP contribution in [-0.2, 0) is 13.5 Å². The number of fused-ring (bicyclic) bond motifs is 1. The Morgan fingerprint density at radius 1 is 1.12 bits per heavy atom. The van der Waals surface area contributed by atoms with Crippen molar-refractivity contribution in [2.24, 2.45) is 7.05 Å². The van der Waals surface area contributed by atoms with Crippen LogP contribution in [0.3, 0.4) is 0 Å². The minimum absolute atomic E-state index is 0.680. The zero-order valence-electron chi connectivity index (χ0n) is 14.9. The molecule has 3 aromatic heterocycles. The largest absolute Gasteiger partial charge is 0.493 e. The molecule has 4 rings (SSSR count). The van der Waals surface area contributed by atoms with E-state index in [-0.39, 0.29) is 0 Å². The maximum absolute atomic E-state index is 5.37. The van der Waals surface area contributed by atoms with E-state index >= 15 is 0 Å². The second-order valence-electron chi connectivity index (χ2n) is 5.85. The Hall–Kier alpha value is -2.94. The van der Waals surface area contributed by atoms with Gasteiger partial charge in [-0.25, -0.2) is 0 Å². The highest BCUT2D eigenvalue weighted by Crippen LogP contribution is 2.30. The molecule has 26 heavy (non-hydrogen) atoms. The topological polar surface area (TPSA) is 79.4 Å². The molecule has 8 nitrogen and oxygen atoms in total. The molecule has 0 aliphatic heterocycles. The smallest absolute Gasteiger partial charge is 0.234 e. The van der Waals surface area contributed by atoms with E-state index in [0.29, 0.717) is 23.7 Å². The van der Waals surface area contributed by atoms with Gasteiger partial charge in [0.05, 0.1) is 26.0 Å². The summed E-state index contributed by atoms with van der Waals surface area (Å²) in [5.41, 5.74) is 3.04. The second kappa shape index (κ2) is 6.41. The summed E-state index contributed by atoms with van der Waals surface area (Å²) < 4.78 is 14.3. The van der Waals surface area contributed by atoms with Crippen molar-refractivity contribution in [1.82, 2.24) is 29.6 Å². The molecule has 1 aromatic carbocycles. The fourth-order valence-electron chi connectivity index (χ4n) is 2.78. The van der Waals surface area contributed by atoms with Gasteiger partial charge in [-0.1, -0.05) is 17.4 Å². The van der Waals surface area contributed by atoms with E-state index in [1.807, 2.05) is 36.9 Å². The first-order chi connectivity index (χ1) is 12.6. The van der Waals surface area contributed by atoms with E-state index in [1.54, 1.807) is 24.9 Å². The number of methoxy groups -OCH3 is 2. The Labute approximate surface area is 154 Å². The molecule has 0 atom stereocenters. The minimum Gasteiger partial charge on any atom is -0.493 e. The zero-order valence-corrected chi connectivity index (χ0v) is 15.7. The minimum atomic E-state index is 0.680. The molecule has 134 valence electrons. The second-order valence-corrected chi connectivity index (χ2v) is 6.89. The van der Waals surface area contributed by atoms with Gasteiger partial charge in [0, 0.05) is 19.2 Å². The summed E-state index contributed by atoms with van der Waals surface area (Å²) in [6, 6.07) is 5.88. The molecule has 0 fully saturated rings. The number of rotatable bonds is 5. The van der Waals surface area contributed by atoms with Crippen molar-refractivity contribution in [2.75, 3.05) is 14.2 Å². The van der Waals surface area contributed by atoms with Crippen LogP contribution in [0.15, 0.2) is 24.4 Å². The zero-order chi connectivity index (χ0) is 18.3. The van der Waals surface area contributed by atoms with Crippen molar-refractivity contribution in [3.63, 3.8) is 0 Å². The van der Waals surface area contributed by atoms with Crippen LogP contribution in [0.2, 0.25) is 0 Å². The Morgan fingerprint density at radius 2 is 1.92 bits per heavy atom. The maximum atomic E-state index is 5.37. The SMILES string of the molecule is COc1ccc(Cc2nn3c(-c4cnn(C)c4C)nnc3s2)cc1OC. The van der Waals surface area contributed by atoms with Crippen molar-refractivity contribution in [2.45, 2.75) is 13.3 Å². The first-order valence-corrected chi connectivity index (χ1v) is 8.83. The molecule has 4 aromatic rings. The standard InChI is InChI=1S/C17H18N6O2S/c1-10-12(9-18-22(10)2)16-19-20-17-23(16)21-15(26-17)8-11-5-6-13(24-3)14(7-11)25-4/h5-7,9H,8H2,1-4H3. The quantitative estimate of drug-likeness (QED) is 0.537. The molecule has 0 spiro atoms. The van der Waals surface area contributed by atoms with Crippen LogP contribution in [0.1, 0.15) is 16.3 Å². The third kappa shape index (κ3) is 2.70. The van der Waals surface area contributed by atoms with Crippen LogP contribution in [-0.4, -0.2) is 43.8 Å². The molecular formula is C17H18N6O2S. The third-order valence-electron chi connectivity index (χ3n) is 4.31. The summed E-state index contributed by atoms with van der Waals surface area (Å²) in [6.07, 6.45) is 2.47. The summed E-state index contributed by atoms with van der Waals surface area (Å²) in [7, 11) is 5.16. The first-order valence-electron chi connectivity index (χ1n) is 8.01. The fourth-order valence-corrected chi connectivity index (χ4v) is 3.65. The normalized spacial score (nSPS) is 11.2. The predicted octanol–water partition coefficient (Wildman–Crippen LogP) is 2.50. The molecule has 0 aliphatic carbocycles. The van der Waals surface area contributed by atoms with Gasteiger partial charge < -0.3 is 9.47 Å². The molecule has 0 saturated heterocycles. The van der Waals surface area contributed by atoms with Crippen molar-refractivity contribution in [3.05, 3.63) is 40.7 Å². The van der Waals surface area contributed by atoms with Crippen LogP contribution >= 0.6 is 11.3 Å². The molecule has 0 unspecified atom stereocenters. The van der Waals surface area contributed by atoms with Gasteiger partial charge >= 0.3 is 0 Å². The average Bonchev–Trinajstić information content (AvgIpc) is 3.30. The van der Waals surface area contributed by atoms with Crippen molar-refractivity contribution in [3.8, 4) is 22.9 Å². The molecular weight excluding hydrogens is 352 g/mol. The number of nitrogens with zero attached hydrogens (tertiary/aromatic N) is 6. The maximum Gasteiger partial charge on any atom is 0.234 e. The highest BCUT2D eigenvalue weighted by molar-refractivity contribution is 7.16. The molecule has 3 heterocycles. The highest BCUT2D eigenvalue weighted by atomic mass is 32.1. The lowest BCUT2D eigenvalue weighted by Gasteiger charge is -2.08. The summed E-state index contributed by atoms with van der Waals surface area (Å²) in [4.78, 5) is 0.763. The number of aryl methyl sites for hydroxylation is 1. The lowest BCUT2D eigenvalue weighted by atomic mass is 10.1. The van der Waals surface area contributed by atoms with Gasteiger partial charge in [0.1, 0.15) is 5.01 Å². The molecule has 0 saturated carbocycles. The van der Waals surface area contributed by atoms with Crippen LogP contribution in [0, 0.1) is 6.92 Å². The summed E-state index contributed by atoms with van der Waals surface area (Å²) in [5.74, 6) is 2.13. The van der Waals surface area contributed by atoms with Gasteiger partial charge in [0.15, 0.2) is 17.3 Å². The number of hydrogen-bond acceptors (Lipinski definition) is 7. The number of ether oxygens (including phenoxy) is 2. The van der Waals surface area contributed by atoms with Crippen molar-refractivity contribution < 1.29 is 9.47 Å². The third-order valence-corrected chi connectivity index (χ3v) is 5.21. The molecule has 0 radical (unpaired) electrons. The number of aromatic nitrogens is 6. The number of hydrogen-bond donors (Lipinski definition) is 0. The summed E-state index contributed by atoms with van der Waals surface area (Å²) in [6.45, 7) is 2.00. The Morgan fingerprint density at radius 3 is 2.62 bits per heavy atom. The van der Waals surface area contributed by atoms with Crippen LogP contribution < -0.4 is 9.47 Å². The van der Waals surface area contributed by atoms with Crippen molar-refractivity contribution in [1.29, 1.82) is 0 Å².